The second kappa shape index (κ2) is 6.89. The summed E-state index contributed by atoms with van der Waals surface area (Å²) in [7, 11) is 3.75. The fourth-order valence-corrected chi connectivity index (χ4v) is 0.833. The first-order valence-electron chi connectivity index (χ1n) is 3.65. The summed E-state index contributed by atoms with van der Waals surface area (Å²) in [4.78, 5) is 10.5. The van der Waals surface area contributed by atoms with Crippen LogP contribution in [0.4, 0.5) is 0 Å². The summed E-state index contributed by atoms with van der Waals surface area (Å²) in [5.74, 6) is 0. The summed E-state index contributed by atoms with van der Waals surface area (Å²) in [6.07, 6.45) is 0. The lowest BCUT2D eigenvalue weighted by atomic mass is 10.2. The van der Waals surface area contributed by atoms with Gasteiger partial charge in [-0.25, -0.2) is 0 Å². The van der Waals surface area contributed by atoms with E-state index in [1.54, 1.807) is 24.3 Å². The van der Waals surface area contributed by atoms with Gasteiger partial charge < -0.3 is 5.32 Å². The summed E-state index contributed by atoms with van der Waals surface area (Å²) in [6.45, 7) is 0. The van der Waals surface area contributed by atoms with Crippen LogP contribution in [0.2, 0.25) is 5.02 Å². The Bertz CT molecular complexity index is 259. The van der Waals surface area contributed by atoms with Crippen molar-refractivity contribution in [2.45, 2.75) is 0 Å². The molecule has 1 aromatic carbocycles. The Hall–Kier alpha value is -0.570. The van der Waals surface area contributed by atoms with E-state index in [1.165, 1.54) is 0 Å². The van der Waals surface area contributed by atoms with Crippen LogP contribution in [0.5, 0.6) is 0 Å². The molecule has 1 rings (SSSR count). The quantitative estimate of drug-likeness (QED) is 0.737. The van der Waals surface area contributed by atoms with E-state index in [1.807, 2.05) is 14.1 Å². The molecule has 0 radical (unpaired) electrons. The van der Waals surface area contributed by atoms with Crippen molar-refractivity contribution in [3.05, 3.63) is 34.9 Å². The van der Waals surface area contributed by atoms with Gasteiger partial charge in [0.2, 0.25) is 0 Å². The Morgan fingerprint density at radius 2 is 1.62 bits per heavy atom. The number of halogens is 2. The zero-order valence-electron chi connectivity index (χ0n) is 7.47. The second-order valence-electron chi connectivity index (χ2n) is 2.28. The molecule has 0 aliphatic heterocycles. The summed E-state index contributed by atoms with van der Waals surface area (Å²) in [6, 6.07) is 6.41. The van der Waals surface area contributed by atoms with E-state index < -0.39 is 5.24 Å². The predicted octanol–water partition coefficient (Wildman–Crippen LogP) is 2.55. The predicted molar refractivity (Wildman–Crippen MR) is 56.6 cm³/mol. The molecule has 0 unspecified atom stereocenters. The van der Waals surface area contributed by atoms with Gasteiger partial charge in [-0.3, -0.25) is 4.79 Å². The van der Waals surface area contributed by atoms with E-state index in [0.717, 1.165) is 0 Å². The van der Waals surface area contributed by atoms with E-state index in [9.17, 15) is 4.79 Å². The number of hydrogen-bond acceptors (Lipinski definition) is 2. The first kappa shape index (κ1) is 12.4. The van der Waals surface area contributed by atoms with Gasteiger partial charge in [0.05, 0.1) is 0 Å². The largest absolute Gasteiger partial charge is 0.323 e. The van der Waals surface area contributed by atoms with Crippen molar-refractivity contribution < 1.29 is 4.79 Å². The van der Waals surface area contributed by atoms with Gasteiger partial charge in [0.15, 0.2) is 0 Å². The van der Waals surface area contributed by atoms with Gasteiger partial charge in [0.1, 0.15) is 0 Å². The number of benzene rings is 1. The molecule has 0 saturated carbocycles. The second-order valence-corrected chi connectivity index (χ2v) is 3.06. The van der Waals surface area contributed by atoms with Gasteiger partial charge in [-0.05, 0) is 50.0 Å². The molecule has 0 bridgehead atoms. The maximum atomic E-state index is 10.5. The average Bonchev–Trinajstić information content (AvgIpc) is 2.06. The minimum atomic E-state index is -0.461. The molecule has 0 aliphatic rings. The van der Waals surface area contributed by atoms with Crippen molar-refractivity contribution in [3.8, 4) is 0 Å². The van der Waals surface area contributed by atoms with Crippen LogP contribution in [-0.2, 0) is 0 Å². The summed E-state index contributed by atoms with van der Waals surface area (Å²) in [5, 5.41) is 2.89. The highest BCUT2D eigenvalue weighted by Gasteiger charge is 1.98. The lowest BCUT2D eigenvalue weighted by Crippen LogP contribution is -1.89. The van der Waals surface area contributed by atoms with Gasteiger partial charge >= 0.3 is 0 Å². The third kappa shape index (κ3) is 5.64. The molecule has 1 aromatic rings. The Kier molecular flexibility index (Phi) is 6.59. The van der Waals surface area contributed by atoms with Gasteiger partial charge in [0, 0.05) is 10.6 Å². The highest BCUT2D eigenvalue weighted by Crippen LogP contribution is 2.10. The van der Waals surface area contributed by atoms with Crippen molar-refractivity contribution >= 4 is 28.4 Å². The van der Waals surface area contributed by atoms with Crippen LogP contribution >= 0.6 is 23.2 Å². The zero-order chi connectivity index (χ0) is 10.3. The van der Waals surface area contributed by atoms with Crippen molar-refractivity contribution in [1.82, 2.24) is 5.32 Å². The standard InChI is InChI=1S/C7H4Cl2O.C2H7N/c8-6-3-1-5(2-4-6)7(9)10;1-3-2/h1-4H;3H,1-2H3. The molecule has 0 amide bonds. The molecule has 13 heavy (non-hydrogen) atoms. The van der Waals surface area contributed by atoms with Crippen LogP contribution in [0, 0.1) is 0 Å². The van der Waals surface area contributed by atoms with E-state index in [4.69, 9.17) is 23.2 Å². The third-order valence-electron chi connectivity index (χ3n) is 1.07. The molecule has 2 nitrogen and oxygen atoms in total. The Labute approximate surface area is 87.8 Å². The average molecular weight is 220 g/mol. The van der Waals surface area contributed by atoms with Crippen LogP contribution in [0.1, 0.15) is 10.4 Å². The van der Waals surface area contributed by atoms with Gasteiger partial charge in [-0.2, -0.15) is 0 Å². The molecule has 0 fully saturated rings. The van der Waals surface area contributed by atoms with E-state index >= 15 is 0 Å². The minimum Gasteiger partial charge on any atom is -0.323 e. The van der Waals surface area contributed by atoms with Crippen molar-refractivity contribution in [3.63, 3.8) is 0 Å². The first-order chi connectivity index (χ1) is 6.11. The van der Waals surface area contributed by atoms with Gasteiger partial charge in [0.25, 0.3) is 5.24 Å². The van der Waals surface area contributed by atoms with E-state index in [2.05, 4.69) is 5.32 Å². The number of rotatable bonds is 1. The molecule has 4 heteroatoms. The van der Waals surface area contributed by atoms with Crippen LogP contribution < -0.4 is 5.32 Å². The monoisotopic (exact) mass is 219 g/mol. The Morgan fingerprint density at radius 1 is 1.23 bits per heavy atom. The number of nitrogens with one attached hydrogen (secondary N) is 1. The number of carbonyl (C=O) groups excluding carboxylic acids is 1. The molecule has 0 saturated heterocycles. The maximum Gasteiger partial charge on any atom is 0.252 e. The van der Waals surface area contributed by atoms with Crippen LogP contribution in [0.3, 0.4) is 0 Å². The molecule has 72 valence electrons. The molecule has 0 aromatic heterocycles. The molecule has 0 atom stereocenters. The highest BCUT2D eigenvalue weighted by molar-refractivity contribution is 6.67. The van der Waals surface area contributed by atoms with Crippen LogP contribution in [-0.4, -0.2) is 19.3 Å². The number of hydrogen-bond donors (Lipinski definition) is 1. The summed E-state index contributed by atoms with van der Waals surface area (Å²) in [5.41, 5.74) is 0.464. The molecular weight excluding hydrogens is 209 g/mol. The SMILES string of the molecule is CNC.O=C(Cl)c1ccc(Cl)cc1. The number of carbonyl (C=O) groups is 1. The fourth-order valence-electron chi connectivity index (χ4n) is 0.581. The molecule has 1 N–H and O–H groups in total. The smallest absolute Gasteiger partial charge is 0.252 e. The van der Waals surface area contributed by atoms with Crippen molar-refractivity contribution in [2.75, 3.05) is 14.1 Å². The Morgan fingerprint density at radius 3 is 1.92 bits per heavy atom. The van der Waals surface area contributed by atoms with Gasteiger partial charge in [-0.15, -0.1) is 0 Å². The maximum absolute atomic E-state index is 10.5. The first-order valence-corrected chi connectivity index (χ1v) is 4.41. The highest BCUT2D eigenvalue weighted by atomic mass is 35.5. The molecule has 0 heterocycles. The summed E-state index contributed by atoms with van der Waals surface area (Å²) >= 11 is 10.7. The summed E-state index contributed by atoms with van der Waals surface area (Å²) < 4.78 is 0. The third-order valence-corrected chi connectivity index (χ3v) is 1.54. The zero-order valence-corrected chi connectivity index (χ0v) is 8.99. The molecule has 0 aliphatic carbocycles. The Balaban J connectivity index is 0.000000424. The van der Waals surface area contributed by atoms with Crippen molar-refractivity contribution in [2.24, 2.45) is 0 Å². The lowest BCUT2D eigenvalue weighted by Gasteiger charge is -1.91. The molecular formula is C9H11Cl2NO. The van der Waals surface area contributed by atoms with E-state index in [-0.39, 0.29) is 0 Å². The van der Waals surface area contributed by atoms with Crippen molar-refractivity contribution in [1.29, 1.82) is 0 Å². The normalized spacial score (nSPS) is 8.62. The van der Waals surface area contributed by atoms with Crippen LogP contribution in [0.15, 0.2) is 24.3 Å². The lowest BCUT2D eigenvalue weighted by molar-refractivity contribution is 0.108. The van der Waals surface area contributed by atoms with Gasteiger partial charge in [-0.1, -0.05) is 11.6 Å². The topological polar surface area (TPSA) is 29.1 Å². The van der Waals surface area contributed by atoms with Crippen LogP contribution in [0.25, 0.3) is 0 Å². The minimum absolute atomic E-state index is 0.461. The van der Waals surface area contributed by atoms with E-state index in [0.29, 0.717) is 10.6 Å². The fraction of sp³-hybridized carbons (Fsp3) is 0.222. The molecule has 0 spiro atoms.